The molecule has 2 heterocycles. The summed E-state index contributed by atoms with van der Waals surface area (Å²) in [4.78, 5) is 15.3. The standard InChI is InChI=1S/C20H24N2O5S/c1-28(24,25)18-12-22-11-17(27-20(22)21-19(18)23)13-26-16-9-7-15(8-10-16)14-5-3-2-4-6-14/h7-10,12,14,17H,2-6,11,13H2,1H3. The molecule has 4 rings (SSSR count). The van der Waals surface area contributed by atoms with Gasteiger partial charge in [0.05, 0.1) is 6.54 Å². The normalized spacial score (nSPS) is 19.8. The number of sulfone groups is 1. The monoisotopic (exact) mass is 404 g/mol. The van der Waals surface area contributed by atoms with Crippen molar-refractivity contribution in [1.82, 2.24) is 9.55 Å². The van der Waals surface area contributed by atoms with Crippen LogP contribution in [-0.4, -0.2) is 36.9 Å². The van der Waals surface area contributed by atoms with Gasteiger partial charge in [0.25, 0.3) is 11.6 Å². The molecule has 1 aliphatic heterocycles. The van der Waals surface area contributed by atoms with Crippen LogP contribution in [0.3, 0.4) is 0 Å². The second kappa shape index (κ2) is 7.58. The molecule has 0 N–H and O–H groups in total. The quantitative estimate of drug-likeness (QED) is 0.761. The van der Waals surface area contributed by atoms with E-state index in [9.17, 15) is 13.2 Å². The van der Waals surface area contributed by atoms with Crippen molar-refractivity contribution in [1.29, 1.82) is 0 Å². The van der Waals surface area contributed by atoms with Crippen LogP contribution in [0.15, 0.2) is 40.2 Å². The Bertz CT molecular complexity index is 1010. The molecule has 0 amide bonds. The highest BCUT2D eigenvalue weighted by Crippen LogP contribution is 2.33. The van der Waals surface area contributed by atoms with Crippen molar-refractivity contribution in [3.8, 4) is 11.8 Å². The molecule has 0 radical (unpaired) electrons. The van der Waals surface area contributed by atoms with E-state index in [1.807, 2.05) is 12.1 Å². The fourth-order valence-corrected chi connectivity index (χ4v) is 4.57. The number of ether oxygens (including phenoxy) is 2. The lowest BCUT2D eigenvalue weighted by molar-refractivity contribution is 0.143. The first-order chi connectivity index (χ1) is 13.4. The van der Waals surface area contributed by atoms with E-state index in [0.29, 0.717) is 12.5 Å². The fraction of sp³-hybridized carbons (Fsp3) is 0.500. The summed E-state index contributed by atoms with van der Waals surface area (Å²) in [5.41, 5.74) is 0.571. The smallest absolute Gasteiger partial charge is 0.300 e. The summed E-state index contributed by atoms with van der Waals surface area (Å²) in [5, 5.41) is 0. The minimum absolute atomic E-state index is 0.124. The van der Waals surface area contributed by atoms with E-state index < -0.39 is 15.4 Å². The summed E-state index contributed by atoms with van der Waals surface area (Å²) in [6, 6.07) is 8.35. The van der Waals surface area contributed by atoms with E-state index in [0.717, 1.165) is 12.0 Å². The van der Waals surface area contributed by atoms with Crippen molar-refractivity contribution in [2.75, 3.05) is 12.9 Å². The molecule has 150 valence electrons. The summed E-state index contributed by atoms with van der Waals surface area (Å²) >= 11 is 0. The first kappa shape index (κ1) is 19.0. The highest BCUT2D eigenvalue weighted by molar-refractivity contribution is 7.90. The molecular formula is C20H24N2O5S. The van der Waals surface area contributed by atoms with Gasteiger partial charge in [-0.25, -0.2) is 8.42 Å². The lowest BCUT2D eigenvalue weighted by Crippen LogP contribution is -2.23. The molecule has 1 aliphatic carbocycles. The number of rotatable bonds is 5. The Hall–Kier alpha value is -2.35. The zero-order valence-corrected chi connectivity index (χ0v) is 16.7. The van der Waals surface area contributed by atoms with E-state index >= 15 is 0 Å². The average molecular weight is 404 g/mol. The first-order valence-corrected chi connectivity index (χ1v) is 11.5. The number of aromatic nitrogens is 2. The van der Waals surface area contributed by atoms with Crippen molar-refractivity contribution in [2.45, 2.75) is 55.6 Å². The van der Waals surface area contributed by atoms with Gasteiger partial charge in [-0.3, -0.25) is 9.36 Å². The van der Waals surface area contributed by atoms with Crippen LogP contribution in [0.25, 0.3) is 0 Å². The SMILES string of the molecule is CS(=O)(=O)c1cn2c(nc1=O)OC(COc1ccc(C3CCCCC3)cc1)C2. The number of hydrogen-bond donors (Lipinski definition) is 0. The minimum Gasteiger partial charge on any atom is -0.490 e. The Kier molecular flexibility index (Phi) is 5.14. The molecule has 0 spiro atoms. The Morgan fingerprint density at radius 1 is 1.18 bits per heavy atom. The molecule has 0 bridgehead atoms. The molecule has 2 aliphatic rings. The van der Waals surface area contributed by atoms with Crippen LogP contribution in [0.4, 0.5) is 0 Å². The van der Waals surface area contributed by atoms with Gasteiger partial charge in [0.2, 0.25) is 0 Å². The van der Waals surface area contributed by atoms with Gasteiger partial charge in [-0.1, -0.05) is 31.4 Å². The van der Waals surface area contributed by atoms with Gasteiger partial charge < -0.3 is 9.47 Å². The summed E-state index contributed by atoms with van der Waals surface area (Å²) in [5.74, 6) is 1.42. The van der Waals surface area contributed by atoms with Gasteiger partial charge in [-0.05, 0) is 36.5 Å². The largest absolute Gasteiger partial charge is 0.490 e. The molecule has 2 aromatic rings. The molecule has 1 atom stereocenters. The fourth-order valence-electron chi connectivity index (χ4n) is 3.89. The van der Waals surface area contributed by atoms with E-state index in [-0.39, 0.29) is 23.6 Å². The Labute approximate surface area is 164 Å². The predicted octanol–water partition coefficient (Wildman–Crippen LogP) is 2.53. The molecule has 1 aromatic heterocycles. The van der Waals surface area contributed by atoms with Gasteiger partial charge in [0, 0.05) is 12.5 Å². The first-order valence-electron chi connectivity index (χ1n) is 9.61. The lowest BCUT2D eigenvalue weighted by atomic mass is 9.84. The van der Waals surface area contributed by atoms with E-state index in [1.165, 1.54) is 48.4 Å². The van der Waals surface area contributed by atoms with Gasteiger partial charge in [0.1, 0.15) is 12.4 Å². The van der Waals surface area contributed by atoms with Crippen LogP contribution >= 0.6 is 0 Å². The zero-order chi connectivity index (χ0) is 19.7. The molecule has 1 saturated carbocycles. The number of nitrogens with zero attached hydrogens (tertiary/aromatic N) is 2. The third-order valence-electron chi connectivity index (χ3n) is 5.39. The summed E-state index contributed by atoms with van der Waals surface area (Å²) in [6.45, 7) is 0.666. The summed E-state index contributed by atoms with van der Waals surface area (Å²) in [6.07, 6.45) is 8.42. The maximum Gasteiger partial charge on any atom is 0.300 e. The van der Waals surface area contributed by atoms with Gasteiger partial charge in [0.15, 0.2) is 20.8 Å². The molecule has 28 heavy (non-hydrogen) atoms. The molecule has 1 fully saturated rings. The summed E-state index contributed by atoms with van der Waals surface area (Å²) < 4.78 is 36.3. The van der Waals surface area contributed by atoms with Crippen LogP contribution in [0.5, 0.6) is 11.8 Å². The predicted molar refractivity (Wildman–Crippen MR) is 104 cm³/mol. The highest BCUT2D eigenvalue weighted by atomic mass is 32.2. The molecule has 7 nitrogen and oxygen atoms in total. The van der Waals surface area contributed by atoms with Gasteiger partial charge >= 0.3 is 0 Å². The van der Waals surface area contributed by atoms with Crippen molar-refractivity contribution < 1.29 is 17.9 Å². The Morgan fingerprint density at radius 2 is 1.89 bits per heavy atom. The molecule has 1 unspecified atom stereocenters. The van der Waals surface area contributed by atoms with E-state index in [1.54, 1.807) is 0 Å². The minimum atomic E-state index is -3.62. The second-order valence-electron chi connectivity index (χ2n) is 7.57. The third kappa shape index (κ3) is 4.06. The average Bonchev–Trinajstić information content (AvgIpc) is 3.08. The van der Waals surface area contributed by atoms with E-state index in [2.05, 4.69) is 17.1 Å². The van der Waals surface area contributed by atoms with Crippen LogP contribution in [0.2, 0.25) is 0 Å². The molecule has 8 heteroatoms. The topological polar surface area (TPSA) is 87.5 Å². The van der Waals surface area contributed by atoms with E-state index in [4.69, 9.17) is 9.47 Å². The van der Waals surface area contributed by atoms with Gasteiger partial charge in [-0.2, -0.15) is 4.98 Å². The lowest BCUT2D eigenvalue weighted by Gasteiger charge is -2.22. The molecule has 0 saturated heterocycles. The van der Waals surface area contributed by atoms with Crippen LogP contribution in [-0.2, 0) is 16.4 Å². The zero-order valence-electron chi connectivity index (χ0n) is 15.8. The summed E-state index contributed by atoms with van der Waals surface area (Å²) in [7, 11) is -3.62. The number of benzene rings is 1. The van der Waals surface area contributed by atoms with Crippen LogP contribution in [0.1, 0.15) is 43.6 Å². The maximum absolute atomic E-state index is 11.9. The number of hydrogen-bond acceptors (Lipinski definition) is 6. The Morgan fingerprint density at radius 3 is 2.57 bits per heavy atom. The van der Waals surface area contributed by atoms with Crippen molar-refractivity contribution in [3.05, 3.63) is 46.4 Å². The maximum atomic E-state index is 11.9. The molecule has 1 aromatic carbocycles. The molecular weight excluding hydrogens is 380 g/mol. The van der Waals surface area contributed by atoms with Crippen LogP contribution in [0, 0.1) is 0 Å². The highest BCUT2D eigenvalue weighted by Gasteiger charge is 2.27. The van der Waals surface area contributed by atoms with Crippen molar-refractivity contribution >= 4 is 9.84 Å². The second-order valence-corrected chi connectivity index (χ2v) is 9.56. The van der Waals surface area contributed by atoms with Crippen molar-refractivity contribution in [2.24, 2.45) is 0 Å². The van der Waals surface area contributed by atoms with Crippen molar-refractivity contribution in [3.63, 3.8) is 0 Å². The Balaban J connectivity index is 1.37. The van der Waals surface area contributed by atoms with Gasteiger partial charge in [-0.15, -0.1) is 0 Å². The number of fused-ring (bicyclic) bond motifs is 1. The van der Waals surface area contributed by atoms with Crippen LogP contribution < -0.4 is 15.0 Å². The third-order valence-corrected chi connectivity index (χ3v) is 6.47.